The van der Waals surface area contributed by atoms with E-state index in [0.29, 0.717) is 6.41 Å². The maximum absolute atomic E-state index is 13.4. The third-order valence-electron chi connectivity index (χ3n) is 4.98. The number of amides is 1. The van der Waals surface area contributed by atoms with Crippen LogP contribution in [0.1, 0.15) is 25.7 Å². The number of rotatable bonds is 6. The van der Waals surface area contributed by atoms with E-state index in [-0.39, 0.29) is 64.3 Å². The molecule has 1 spiro atoms. The molecule has 2 rings (SSSR count). The van der Waals surface area contributed by atoms with Crippen molar-refractivity contribution in [2.45, 2.75) is 31.9 Å². The SMILES string of the molecule is O=CNCCCS(=O)(=O)N1CCC(C(F)(F)F)C2(CCOCC2)C1. The summed E-state index contributed by atoms with van der Waals surface area (Å²) in [5.41, 5.74) is -1.09. The van der Waals surface area contributed by atoms with Crippen molar-refractivity contribution in [3.63, 3.8) is 0 Å². The lowest BCUT2D eigenvalue weighted by molar-refractivity contribution is -0.231. The molecular formula is C14H23F3N2O4S. The molecule has 0 bridgehead atoms. The lowest BCUT2D eigenvalue weighted by atomic mass is 9.66. The smallest absolute Gasteiger partial charge is 0.381 e. The van der Waals surface area contributed by atoms with Crippen LogP contribution in [0.5, 0.6) is 0 Å². The summed E-state index contributed by atoms with van der Waals surface area (Å²) in [5.74, 6) is -1.67. The van der Waals surface area contributed by atoms with Gasteiger partial charge in [0.2, 0.25) is 16.4 Å². The number of sulfonamides is 1. The molecule has 2 saturated heterocycles. The van der Waals surface area contributed by atoms with Crippen LogP contribution >= 0.6 is 0 Å². The summed E-state index contributed by atoms with van der Waals surface area (Å²) in [6, 6.07) is 0. The number of ether oxygens (including phenoxy) is 1. The summed E-state index contributed by atoms with van der Waals surface area (Å²) in [5, 5.41) is 2.38. The largest absolute Gasteiger partial charge is 0.392 e. The monoisotopic (exact) mass is 372 g/mol. The molecule has 10 heteroatoms. The van der Waals surface area contributed by atoms with Crippen molar-refractivity contribution in [2.24, 2.45) is 11.3 Å². The highest BCUT2D eigenvalue weighted by molar-refractivity contribution is 7.89. The standard InChI is InChI=1S/C14H23F3N2O4S/c15-14(16,17)12-2-6-19(10-13(12)3-7-23-8-4-13)24(21,22)9-1-5-18-11-20/h11-12H,1-10H2,(H,18,20). The first-order chi connectivity index (χ1) is 11.2. The summed E-state index contributed by atoms with van der Waals surface area (Å²) in [6.45, 7) is 0.453. The van der Waals surface area contributed by atoms with Crippen LogP contribution in [-0.2, 0) is 19.6 Å². The number of hydrogen-bond donors (Lipinski definition) is 1. The third-order valence-corrected chi connectivity index (χ3v) is 6.88. The first-order valence-electron chi connectivity index (χ1n) is 8.01. The summed E-state index contributed by atoms with van der Waals surface area (Å²) in [7, 11) is -3.64. The maximum Gasteiger partial charge on any atom is 0.392 e. The van der Waals surface area contributed by atoms with Crippen LogP contribution in [0.15, 0.2) is 0 Å². The Balaban J connectivity index is 2.11. The summed E-state index contributed by atoms with van der Waals surface area (Å²) in [4.78, 5) is 10.2. The van der Waals surface area contributed by atoms with E-state index in [4.69, 9.17) is 4.74 Å². The van der Waals surface area contributed by atoms with E-state index in [1.54, 1.807) is 0 Å². The first kappa shape index (κ1) is 19.5. The van der Waals surface area contributed by atoms with Gasteiger partial charge in [0.25, 0.3) is 0 Å². The summed E-state index contributed by atoms with van der Waals surface area (Å²) >= 11 is 0. The number of nitrogens with one attached hydrogen (secondary N) is 1. The van der Waals surface area contributed by atoms with Crippen LogP contribution in [0.25, 0.3) is 0 Å². The lowest BCUT2D eigenvalue weighted by Crippen LogP contribution is -2.57. The number of carbonyl (C=O) groups excluding carboxylic acids is 1. The number of alkyl halides is 3. The molecule has 1 unspecified atom stereocenters. The summed E-state index contributed by atoms with van der Waals surface area (Å²) in [6.07, 6.45) is -3.39. The molecule has 0 aromatic rings. The molecule has 24 heavy (non-hydrogen) atoms. The molecule has 1 atom stereocenters. The zero-order valence-corrected chi connectivity index (χ0v) is 14.2. The van der Waals surface area contributed by atoms with Gasteiger partial charge in [0.15, 0.2) is 0 Å². The Bertz CT molecular complexity index is 533. The Morgan fingerprint density at radius 2 is 1.96 bits per heavy atom. The number of piperidine rings is 1. The minimum atomic E-state index is -4.33. The van der Waals surface area contributed by atoms with Crippen molar-refractivity contribution in [1.82, 2.24) is 9.62 Å². The van der Waals surface area contributed by atoms with Gasteiger partial charge in [-0.2, -0.15) is 13.2 Å². The fourth-order valence-electron chi connectivity index (χ4n) is 3.70. The highest BCUT2D eigenvalue weighted by Gasteiger charge is 2.57. The average molecular weight is 372 g/mol. The highest BCUT2D eigenvalue weighted by Crippen LogP contribution is 2.51. The minimum Gasteiger partial charge on any atom is -0.381 e. The topological polar surface area (TPSA) is 75.7 Å². The Labute approximate surface area is 139 Å². The zero-order chi connectivity index (χ0) is 17.8. The van der Waals surface area contributed by atoms with Gasteiger partial charge in [-0.05, 0) is 31.1 Å². The molecule has 6 nitrogen and oxygen atoms in total. The van der Waals surface area contributed by atoms with E-state index in [9.17, 15) is 26.4 Å². The van der Waals surface area contributed by atoms with Gasteiger partial charge in [-0.1, -0.05) is 0 Å². The van der Waals surface area contributed by atoms with E-state index in [2.05, 4.69) is 5.32 Å². The van der Waals surface area contributed by atoms with E-state index in [1.165, 1.54) is 4.31 Å². The van der Waals surface area contributed by atoms with E-state index in [0.717, 1.165) is 0 Å². The van der Waals surface area contributed by atoms with Gasteiger partial charge in [0, 0.05) is 32.8 Å². The molecule has 0 saturated carbocycles. The van der Waals surface area contributed by atoms with Gasteiger partial charge in [-0.3, -0.25) is 4.79 Å². The van der Waals surface area contributed by atoms with E-state index >= 15 is 0 Å². The number of carbonyl (C=O) groups is 1. The van der Waals surface area contributed by atoms with Crippen LogP contribution in [0.2, 0.25) is 0 Å². The van der Waals surface area contributed by atoms with Gasteiger partial charge in [-0.15, -0.1) is 0 Å². The summed E-state index contributed by atoms with van der Waals surface area (Å²) < 4.78 is 71.5. The van der Waals surface area contributed by atoms with Crippen LogP contribution in [0.4, 0.5) is 13.2 Å². The van der Waals surface area contributed by atoms with Crippen LogP contribution in [0, 0.1) is 11.3 Å². The second kappa shape index (κ2) is 7.57. The molecule has 0 aromatic carbocycles. The Hall–Kier alpha value is -0.870. The first-order valence-corrected chi connectivity index (χ1v) is 9.61. The van der Waals surface area contributed by atoms with E-state index < -0.39 is 27.5 Å². The van der Waals surface area contributed by atoms with Gasteiger partial charge in [-0.25, -0.2) is 12.7 Å². The Morgan fingerprint density at radius 3 is 2.54 bits per heavy atom. The molecule has 2 aliphatic heterocycles. The number of halogens is 3. The minimum absolute atomic E-state index is 0.107. The second-order valence-corrected chi connectivity index (χ2v) is 8.52. The Morgan fingerprint density at radius 1 is 1.29 bits per heavy atom. The second-order valence-electron chi connectivity index (χ2n) is 6.43. The van der Waals surface area contributed by atoms with Gasteiger partial charge < -0.3 is 10.1 Å². The predicted octanol–water partition coefficient (Wildman–Crippen LogP) is 1.13. The maximum atomic E-state index is 13.4. The van der Waals surface area contributed by atoms with Crippen molar-refractivity contribution in [3.05, 3.63) is 0 Å². The molecule has 2 fully saturated rings. The van der Waals surface area contributed by atoms with Crippen molar-refractivity contribution in [3.8, 4) is 0 Å². The molecule has 0 aliphatic carbocycles. The van der Waals surface area contributed by atoms with Crippen LogP contribution < -0.4 is 5.32 Å². The van der Waals surface area contributed by atoms with Crippen molar-refractivity contribution in [1.29, 1.82) is 0 Å². The van der Waals surface area contributed by atoms with Crippen molar-refractivity contribution in [2.75, 3.05) is 38.6 Å². The zero-order valence-electron chi connectivity index (χ0n) is 13.3. The van der Waals surface area contributed by atoms with Gasteiger partial charge in [0.05, 0.1) is 11.7 Å². The molecule has 0 radical (unpaired) electrons. The lowest BCUT2D eigenvalue weighted by Gasteiger charge is -2.50. The molecule has 1 amide bonds. The molecule has 2 heterocycles. The quantitative estimate of drug-likeness (QED) is 0.560. The predicted molar refractivity (Wildman–Crippen MR) is 80.7 cm³/mol. The molecule has 1 N–H and O–H groups in total. The van der Waals surface area contributed by atoms with Gasteiger partial charge in [0.1, 0.15) is 0 Å². The van der Waals surface area contributed by atoms with Crippen LogP contribution in [0.3, 0.4) is 0 Å². The average Bonchev–Trinajstić information content (AvgIpc) is 2.51. The molecule has 2 aliphatic rings. The number of hydrogen-bond acceptors (Lipinski definition) is 4. The fraction of sp³-hybridized carbons (Fsp3) is 0.929. The van der Waals surface area contributed by atoms with Gasteiger partial charge >= 0.3 is 6.18 Å². The fourth-order valence-corrected chi connectivity index (χ4v) is 5.30. The number of nitrogens with zero attached hydrogens (tertiary/aromatic N) is 1. The normalized spacial score (nSPS) is 25.5. The molecule has 140 valence electrons. The van der Waals surface area contributed by atoms with E-state index in [1.807, 2.05) is 0 Å². The van der Waals surface area contributed by atoms with Crippen molar-refractivity contribution < 1.29 is 31.1 Å². The van der Waals surface area contributed by atoms with Crippen LogP contribution in [-0.4, -0.2) is 63.9 Å². The highest BCUT2D eigenvalue weighted by atomic mass is 32.2. The van der Waals surface area contributed by atoms with Crippen molar-refractivity contribution >= 4 is 16.4 Å². The molecule has 0 aromatic heterocycles. The molecular weight excluding hydrogens is 349 g/mol. The third kappa shape index (κ3) is 4.40. The Kier molecular flexibility index (Phi) is 6.14.